The summed E-state index contributed by atoms with van der Waals surface area (Å²) in [4.78, 5) is 32.7. The van der Waals surface area contributed by atoms with Crippen LogP contribution in [0, 0.1) is 6.92 Å². The summed E-state index contributed by atoms with van der Waals surface area (Å²) in [6.07, 6.45) is 1.65. The number of benzene rings is 2. The van der Waals surface area contributed by atoms with Gasteiger partial charge >= 0.3 is 0 Å². The van der Waals surface area contributed by atoms with Crippen LogP contribution in [0.3, 0.4) is 0 Å². The van der Waals surface area contributed by atoms with E-state index >= 15 is 0 Å². The van der Waals surface area contributed by atoms with E-state index in [-0.39, 0.29) is 17.1 Å². The number of fused-ring (bicyclic) bond motifs is 2. The molecule has 0 aliphatic carbocycles. The summed E-state index contributed by atoms with van der Waals surface area (Å²) >= 11 is 0. The molecule has 136 valence electrons. The second-order valence-corrected chi connectivity index (χ2v) is 6.80. The van der Waals surface area contributed by atoms with Gasteiger partial charge in [-0.3, -0.25) is 14.5 Å². The Morgan fingerprint density at radius 1 is 0.929 bits per heavy atom. The monoisotopic (exact) mass is 368 g/mol. The molecule has 0 saturated heterocycles. The predicted octanol–water partition coefficient (Wildman–Crippen LogP) is 4.25. The topological polar surface area (TPSA) is 63.4 Å². The van der Waals surface area contributed by atoms with Crippen molar-refractivity contribution in [3.05, 3.63) is 106 Å². The van der Waals surface area contributed by atoms with Gasteiger partial charge in [0.15, 0.2) is 5.43 Å². The quantitative estimate of drug-likeness (QED) is 0.531. The maximum Gasteiger partial charge on any atom is 0.296 e. The van der Waals surface area contributed by atoms with Crippen LogP contribution in [-0.4, -0.2) is 10.9 Å². The number of nitrogens with zero attached hydrogens (tertiary/aromatic N) is 2. The van der Waals surface area contributed by atoms with Gasteiger partial charge in [0.25, 0.3) is 5.91 Å². The molecule has 1 aliphatic rings. The van der Waals surface area contributed by atoms with Crippen molar-refractivity contribution in [2.45, 2.75) is 13.0 Å². The maximum atomic E-state index is 13.4. The summed E-state index contributed by atoms with van der Waals surface area (Å²) in [5, 5.41) is 0.467. The Morgan fingerprint density at radius 2 is 1.68 bits per heavy atom. The second-order valence-electron chi connectivity index (χ2n) is 6.80. The van der Waals surface area contributed by atoms with Crippen LogP contribution in [0.4, 0.5) is 5.82 Å². The van der Waals surface area contributed by atoms with Gasteiger partial charge in [0.2, 0.25) is 5.76 Å². The summed E-state index contributed by atoms with van der Waals surface area (Å²) in [5.74, 6) is 0.257. The van der Waals surface area contributed by atoms with Crippen LogP contribution in [0.5, 0.6) is 0 Å². The van der Waals surface area contributed by atoms with Gasteiger partial charge in [-0.1, -0.05) is 48.5 Å². The molecule has 2 aromatic heterocycles. The van der Waals surface area contributed by atoms with Crippen molar-refractivity contribution in [1.29, 1.82) is 0 Å². The Labute approximate surface area is 160 Å². The van der Waals surface area contributed by atoms with Crippen molar-refractivity contribution in [3.8, 4) is 0 Å². The molecule has 2 aromatic carbocycles. The number of pyridine rings is 1. The smallest absolute Gasteiger partial charge is 0.296 e. The zero-order chi connectivity index (χ0) is 19.3. The van der Waals surface area contributed by atoms with Crippen LogP contribution in [0.1, 0.15) is 33.3 Å². The largest absolute Gasteiger partial charge is 0.450 e. The third kappa shape index (κ3) is 2.29. The van der Waals surface area contributed by atoms with Gasteiger partial charge < -0.3 is 4.42 Å². The Balaban J connectivity index is 1.85. The van der Waals surface area contributed by atoms with E-state index in [2.05, 4.69) is 4.98 Å². The van der Waals surface area contributed by atoms with E-state index in [0.717, 1.165) is 11.1 Å². The third-order valence-corrected chi connectivity index (χ3v) is 5.10. The fraction of sp³-hybridized carbons (Fsp3) is 0.0870. The molecule has 5 rings (SSSR count). The van der Waals surface area contributed by atoms with Gasteiger partial charge in [-0.15, -0.1) is 0 Å². The highest BCUT2D eigenvalue weighted by Gasteiger charge is 2.44. The second kappa shape index (κ2) is 6.16. The van der Waals surface area contributed by atoms with Gasteiger partial charge in [-0.05, 0) is 36.2 Å². The number of aromatic nitrogens is 1. The van der Waals surface area contributed by atoms with E-state index in [1.807, 2.05) is 49.4 Å². The number of para-hydroxylation sites is 1. The Morgan fingerprint density at radius 3 is 2.46 bits per heavy atom. The van der Waals surface area contributed by atoms with Crippen molar-refractivity contribution >= 4 is 22.7 Å². The highest BCUT2D eigenvalue weighted by Crippen LogP contribution is 2.41. The number of hydrogen-bond donors (Lipinski definition) is 0. The predicted molar refractivity (Wildman–Crippen MR) is 107 cm³/mol. The van der Waals surface area contributed by atoms with Crippen LogP contribution in [0.25, 0.3) is 11.0 Å². The molecule has 0 spiro atoms. The van der Waals surface area contributed by atoms with Gasteiger partial charge in [0, 0.05) is 6.20 Å². The number of carbonyl (C=O) groups excluding carboxylic acids is 1. The van der Waals surface area contributed by atoms with E-state index in [0.29, 0.717) is 22.4 Å². The minimum absolute atomic E-state index is 0.0857. The van der Waals surface area contributed by atoms with E-state index in [1.54, 1.807) is 35.4 Å². The van der Waals surface area contributed by atoms with Crippen molar-refractivity contribution in [3.63, 3.8) is 0 Å². The standard InChI is InChI=1S/C23H16N2O3/c1-14-8-7-13-24-22(14)25-19(15-9-3-2-4-10-15)18-20(26)16-11-5-6-12-17(16)28-21(18)23(25)27/h2-13,19H,1H3. The molecular weight excluding hydrogens is 352 g/mol. The molecule has 4 aromatic rings. The average molecular weight is 368 g/mol. The fourth-order valence-electron chi connectivity index (χ4n) is 3.82. The summed E-state index contributed by atoms with van der Waals surface area (Å²) < 4.78 is 5.92. The molecule has 5 nitrogen and oxygen atoms in total. The van der Waals surface area contributed by atoms with Crippen molar-refractivity contribution in [2.24, 2.45) is 0 Å². The summed E-state index contributed by atoms with van der Waals surface area (Å²) in [6.45, 7) is 1.90. The van der Waals surface area contributed by atoms with Gasteiger partial charge in [0.05, 0.1) is 17.0 Å². The fourth-order valence-corrected chi connectivity index (χ4v) is 3.82. The molecule has 1 aliphatic heterocycles. The van der Waals surface area contributed by atoms with Crippen LogP contribution in [0.15, 0.2) is 82.1 Å². The van der Waals surface area contributed by atoms with E-state index in [1.165, 1.54) is 0 Å². The first kappa shape index (κ1) is 16.4. The minimum atomic E-state index is -0.585. The Hall–Kier alpha value is -3.73. The van der Waals surface area contributed by atoms with Gasteiger partial charge in [-0.2, -0.15) is 0 Å². The number of hydrogen-bond acceptors (Lipinski definition) is 4. The zero-order valence-electron chi connectivity index (χ0n) is 15.1. The molecule has 0 fully saturated rings. The number of rotatable bonds is 2. The van der Waals surface area contributed by atoms with Crippen molar-refractivity contribution in [2.75, 3.05) is 4.90 Å². The maximum absolute atomic E-state index is 13.4. The van der Waals surface area contributed by atoms with Crippen LogP contribution >= 0.6 is 0 Å². The van der Waals surface area contributed by atoms with Crippen LogP contribution < -0.4 is 10.3 Å². The van der Waals surface area contributed by atoms with E-state index in [9.17, 15) is 9.59 Å². The molecule has 0 N–H and O–H groups in total. The SMILES string of the molecule is Cc1cccnc1N1C(=O)c2oc3ccccc3c(=O)c2C1c1ccccc1. The lowest BCUT2D eigenvalue weighted by atomic mass is 9.98. The molecule has 3 heterocycles. The van der Waals surface area contributed by atoms with Gasteiger partial charge in [0.1, 0.15) is 11.4 Å². The van der Waals surface area contributed by atoms with Crippen molar-refractivity contribution in [1.82, 2.24) is 4.98 Å². The Bertz CT molecular complexity index is 1280. The van der Waals surface area contributed by atoms with E-state index in [4.69, 9.17) is 4.42 Å². The first-order valence-corrected chi connectivity index (χ1v) is 9.02. The van der Waals surface area contributed by atoms with Crippen molar-refractivity contribution < 1.29 is 9.21 Å². The van der Waals surface area contributed by atoms with Gasteiger partial charge in [-0.25, -0.2) is 4.98 Å². The summed E-state index contributed by atoms with van der Waals surface area (Å²) in [6, 6.07) is 19.6. The molecule has 1 unspecified atom stereocenters. The number of carbonyl (C=O) groups is 1. The molecular formula is C23H16N2O3. The molecule has 5 heteroatoms. The molecule has 1 atom stereocenters. The first-order valence-electron chi connectivity index (χ1n) is 9.02. The van der Waals surface area contributed by atoms with Crippen LogP contribution in [-0.2, 0) is 0 Å². The lowest BCUT2D eigenvalue weighted by Gasteiger charge is -2.25. The zero-order valence-corrected chi connectivity index (χ0v) is 15.1. The molecule has 0 bridgehead atoms. The van der Waals surface area contributed by atoms with Crippen LogP contribution in [0.2, 0.25) is 0 Å². The summed E-state index contributed by atoms with van der Waals surface area (Å²) in [5.41, 5.74) is 2.27. The first-order chi connectivity index (χ1) is 13.7. The van der Waals surface area contributed by atoms with E-state index < -0.39 is 6.04 Å². The Kier molecular flexibility index (Phi) is 3.62. The lowest BCUT2D eigenvalue weighted by molar-refractivity contribution is 0.0970. The molecule has 28 heavy (non-hydrogen) atoms. The normalized spacial score (nSPS) is 15.8. The number of anilines is 1. The number of aryl methyl sites for hydroxylation is 1. The number of amides is 1. The summed E-state index contributed by atoms with van der Waals surface area (Å²) in [7, 11) is 0. The molecule has 0 saturated carbocycles. The highest BCUT2D eigenvalue weighted by atomic mass is 16.3. The molecule has 0 radical (unpaired) electrons. The minimum Gasteiger partial charge on any atom is -0.450 e. The highest BCUT2D eigenvalue weighted by molar-refractivity contribution is 6.10. The lowest BCUT2D eigenvalue weighted by Crippen LogP contribution is -2.30. The average Bonchev–Trinajstić information content (AvgIpc) is 3.02. The third-order valence-electron chi connectivity index (χ3n) is 5.10. The molecule has 1 amide bonds.